The second-order valence-electron chi connectivity index (χ2n) is 9.65. The number of piperidine rings is 1. The van der Waals surface area contributed by atoms with E-state index in [9.17, 15) is 4.39 Å². The molecule has 0 bridgehead atoms. The van der Waals surface area contributed by atoms with Gasteiger partial charge in [0, 0.05) is 48.9 Å². The molecule has 7 heteroatoms. The van der Waals surface area contributed by atoms with E-state index in [2.05, 4.69) is 27.1 Å². The van der Waals surface area contributed by atoms with Crippen molar-refractivity contribution in [1.29, 1.82) is 0 Å². The molecule has 0 amide bonds. The molecular weight excluding hydrogens is 447 g/mol. The fourth-order valence-electron chi connectivity index (χ4n) is 5.12. The molecule has 2 saturated heterocycles. The first-order chi connectivity index (χ1) is 16.7. The Hall–Kier alpha value is -1.67. The Balaban J connectivity index is 0.000000231. The molecule has 0 unspecified atom stereocenters. The van der Waals surface area contributed by atoms with E-state index in [1.165, 1.54) is 55.9 Å². The zero-order valence-electron chi connectivity index (χ0n) is 20.4. The van der Waals surface area contributed by atoms with Gasteiger partial charge in [-0.3, -0.25) is 4.72 Å². The minimum atomic E-state index is -0.142. The summed E-state index contributed by atoms with van der Waals surface area (Å²) in [5, 5.41) is 2.88. The van der Waals surface area contributed by atoms with Gasteiger partial charge in [0.15, 0.2) is 0 Å². The molecule has 186 valence electrons. The Bertz CT molecular complexity index is 859. The highest BCUT2D eigenvalue weighted by atomic mass is 32.2. The summed E-state index contributed by atoms with van der Waals surface area (Å²) in [5.74, 6) is 0.974. The Kier molecular flexibility index (Phi) is 9.62. The van der Waals surface area contributed by atoms with Crippen molar-refractivity contribution in [2.45, 2.75) is 80.9 Å². The second kappa shape index (κ2) is 12.9. The lowest BCUT2D eigenvalue weighted by Crippen LogP contribution is -2.44. The van der Waals surface area contributed by atoms with Crippen molar-refractivity contribution in [2.75, 3.05) is 31.6 Å². The molecule has 2 aromatic rings. The van der Waals surface area contributed by atoms with Crippen LogP contribution in [-0.4, -0.2) is 43.4 Å². The SMILES string of the molecule is CNCc1ccccc1F.c1cc(N2CCC3(CCCO3)CC2)ncc1SNC1CCCCC1. The van der Waals surface area contributed by atoms with Crippen molar-refractivity contribution in [3.8, 4) is 0 Å². The number of halogens is 1. The number of rotatable bonds is 6. The molecule has 1 spiro atoms. The first-order valence-electron chi connectivity index (χ1n) is 12.8. The molecule has 3 aliphatic rings. The fraction of sp³-hybridized carbons (Fsp3) is 0.593. The topological polar surface area (TPSA) is 49.4 Å². The van der Waals surface area contributed by atoms with Gasteiger partial charge >= 0.3 is 0 Å². The number of aromatic nitrogens is 1. The van der Waals surface area contributed by atoms with Crippen molar-refractivity contribution < 1.29 is 9.13 Å². The molecular formula is C27H39FN4OS. The smallest absolute Gasteiger partial charge is 0.128 e. The van der Waals surface area contributed by atoms with E-state index in [1.807, 2.05) is 12.3 Å². The molecule has 1 aromatic carbocycles. The van der Waals surface area contributed by atoms with E-state index in [0.29, 0.717) is 18.2 Å². The average Bonchev–Trinajstić information content (AvgIpc) is 3.34. The summed E-state index contributed by atoms with van der Waals surface area (Å²) in [6, 6.07) is 11.8. The first-order valence-corrected chi connectivity index (χ1v) is 13.6. The van der Waals surface area contributed by atoms with Gasteiger partial charge < -0.3 is 15.0 Å². The van der Waals surface area contributed by atoms with Crippen LogP contribution in [0.15, 0.2) is 47.5 Å². The van der Waals surface area contributed by atoms with Gasteiger partial charge in [0.2, 0.25) is 0 Å². The number of pyridine rings is 1. The van der Waals surface area contributed by atoms with Crippen LogP contribution in [0.2, 0.25) is 0 Å². The Morgan fingerprint density at radius 1 is 1.06 bits per heavy atom. The summed E-state index contributed by atoms with van der Waals surface area (Å²) >= 11 is 1.75. The van der Waals surface area contributed by atoms with Crippen LogP contribution in [0.25, 0.3) is 0 Å². The van der Waals surface area contributed by atoms with Crippen LogP contribution in [0.1, 0.15) is 63.4 Å². The standard InChI is InChI=1S/C19H29N3OS.C8H10FN/c1-2-5-16(6-3-1)21-24-17-7-8-18(20-15-17)22-12-10-19(11-13-22)9-4-14-23-19;1-10-6-7-4-2-3-5-8(7)9/h7-8,15-16,21H,1-6,9-14H2;2-5,10H,6H2,1H3. The molecule has 3 fully saturated rings. The molecule has 2 N–H and O–H groups in total. The number of ether oxygens (including phenoxy) is 1. The van der Waals surface area contributed by atoms with Gasteiger partial charge in [-0.25, -0.2) is 9.37 Å². The average molecular weight is 487 g/mol. The zero-order valence-corrected chi connectivity index (χ0v) is 21.2. The summed E-state index contributed by atoms with van der Waals surface area (Å²) in [4.78, 5) is 8.34. The molecule has 5 rings (SSSR count). The van der Waals surface area contributed by atoms with Crippen molar-refractivity contribution >= 4 is 17.8 Å². The number of hydrogen-bond donors (Lipinski definition) is 2. The van der Waals surface area contributed by atoms with Gasteiger partial charge in [0.25, 0.3) is 0 Å². The lowest BCUT2D eigenvalue weighted by Gasteiger charge is -2.39. The number of anilines is 1. The molecule has 0 radical (unpaired) electrons. The van der Waals surface area contributed by atoms with E-state index in [1.54, 1.807) is 31.1 Å². The maximum absolute atomic E-state index is 12.7. The Labute approximate surface area is 208 Å². The Morgan fingerprint density at radius 2 is 1.85 bits per heavy atom. The fourth-order valence-corrected chi connectivity index (χ4v) is 5.90. The van der Waals surface area contributed by atoms with Crippen LogP contribution in [0.3, 0.4) is 0 Å². The second-order valence-corrected chi connectivity index (χ2v) is 10.6. The normalized spacial score (nSPS) is 20.2. The van der Waals surface area contributed by atoms with E-state index >= 15 is 0 Å². The molecule has 1 saturated carbocycles. The van der Waals surface area contributed by atoms with Crippen molar-refractivity contribution in [3.05, 3.63) is 54.0 Å². The van der Waals surface area contributed by atoms with Crippen molar-refractivity contribution in [2.24, 2.45) is 0 Å². The van der Waals surface area contributed by atoms with Crippen LogP contribution in [0, 0.1) is 5.82 Å². The van der Waals surface area contributed by atoms with E-state index in [0.717, 1.165) is 38.4 Å². The largest absolute Gasteiger partial charge is 0.375 e. The van der Waals surface area contributed by atoms with Gasteiger partial charge in [-0.2, -0.15) is 0 Å². The summed E-state index contributed by atoms with van der Waals surface area (Å²) in [6.45, 7) is 3.68. The highest BCUT2D eigenvalue weighted by molar-refractivity contribution is 7.97. The maximum Gasteiger partial charge on any atom is 0.128 e. The third-order valence-electron chi connectivity index (χ3n) is 7.18. The molecule has 0 atom stereocenters. The number of benzene rings is 1. The van der Waals surface area contributed by atoms with Gasteiger partial charge in [-0.05, 0) is 75.7 Å². The summed E-state index contributed by atoms with van der Waals surface area (Å²) < 4.78 is 22.4. The van der Waals surface area contributed by atoms with Crippen LogP contribution in [0.4, 0.5) is 10.2 Å². The minimum Gasteiger partial charge on any atom is -0.375 e. The van der Waals surface area contributed by atoms with Crippen molar-refractivity contribution in [1.82, 2.24) is 15.0 Å². The summed E-state index contributed by atoms with van der Waals surface area (Å²) in [5.41, 5.74) is 0.904. The van der Waals surface area contributed by atoms with Crippen LogP contribution in [-0.2, 0) is 11.3 Å². The van der Waals surface area contributed by atoms with Gasteiger partial charge in [-0.1, -0.05) is 37.5 Å². The van der Waals surface area contributed by atoms with E-state index in [-0.39, 0.29) is 11.4 Å². The molecule has 1 aliphatic carbocycles. The molecule has 1 aromatic heterocycles. The minimum absolute atomic E-state index is 0.142. The Morgan fingerprint density at radius 3 is 2.50 bits per heavy atom. The molecule has 2 aliphatic heterocycles. The highest BCUT2D eigenvalue weighted by Crippen LogP contribution is 2.36. The van der Waals surface area contributed by atoms with E-state index in [4.69, 9.17) is 9.72 Å². The van der Waals surface area contributed by atoms with Crippen molar-refractivity contribution in [3.63, 3.8) is 0 Å². The van der Waals surface area contributed by atoms with Crippen LogP contribution in [0.5, 0.6) is 0 Å². The quantitative estimate of drug-likeness (QED) is 0.511. The summed E-state index contributed by atoms with van der Waals surface area (Å²) in [6.07, 6.45) is 13.6. The monoisotopic (exact) mass is 486 g/mol. The lowest BCUT2D eigenvalue weighted by atomic mass is 9.89. The van der Waals surface area contributed by atoms with E-state index < -0.39 is 0 Å². The predicted molar refractivity (Wildman–Crippen MR) is 139 cm³/mol. The van der Waals surface area contributed by atoms with Crippen LogP contribution < -0.4 is 14.9 Å². The van der Waals surface area contributed by atoms with Gasteiger partial charge in [-0.15, -0.1) is 0 Å². The molecule has 3 heterocycles. The third kappa shape index (κ3) is 7.17. The summed E-state index contributed by atoms with van der Waals surface area (Å²) in [7, 11) is 1.80. The molecule has 5 nitrogen and oxygen atoms in total. The third-order valence-corrected chi connectivity index (χ3v) is 8.11. The van der Waals surface area contributed by atoms with Crippen LogP contribution >= 0.6 is 11.9 Å². The van der Waals surface area contributed by atoms with Gasteiger partial charge in [0.1, 0.15) is 11.6 Å². The number of nitrogens with zero attached hydrogens (tertiary/aromatic N) is 2. The maximum atomic E-state index is 12.7. The first kappa shape index (κ1) is 25.4. The van der Waals surface area contributed by atoms with Gasteiger partial charge in [0.05, 0.1) is 5.60 Å². The zero-order chi connectivity index (χ0) is 23.6. The number of hydrogen-bond acceptors (Lipinski definition) is 6. The lowest BCUT2D eigenvalue weighted by molar-refractivity contribution is -0.0147. The molecule has 34 heavy (non-hydrogen) atoms. The highest BCUT2D eigenvalue weighted by Gasteiger charge is 2.38. The predicted octanol–water partition coefficient (Wildman–Crippen LogP) is 5.71. The number of nitrogens with one attached hydrogen (secondary N) is 2.